The summed E-state index contributed by atoms with van der Waals surface area (Å²) in [7, 11) is 0. The number of para-hydroxylation sites is 3. The van der Waals surface area contributed by atoms with Crippen molar-refractivity contribution >= 4 is 60.0 Å². The van der Waals surface area contributed by atoms with Gasteiger partial charge in [0.25, 0.3) is 0 Å². The zero-order chi connectivity index (χ0) is 29.2. The number of nitrogens with zero attached hydrogens (tertiary/aromatic N) is 3. The summed E-state index contributed by atoms with van der Waals surface area (Å²) < 4.78 is 9.13. The lowest BCUT2D eigenvalue weighted by Gasteiger charge is -2.20. The molecule has 6 heteroatoms. The van der Waals surface area contributed by atoms with Crippen molar-refractivity contribution in [1.82, 2.24) is 9.55 Å². The molecule has 0 aliphatic carbocycles. The lowest BCUT2D eigenvalue weighted by atomic mass is 10.1. The maximum atomic E-state index is 12.5. The number of hydrogen-bond acceptors (Lipinski definition) is 5. The molecule has 0 spiro atoms. The Morgan fingerprint density at radius 3 is 2.12 bits per heavy atom. The van der Waals surface area contributed by atoms with Crippen molar-refractivity contribution in [2.75, 3.05) is 18.0 Å². The van der Waals surface area contributed by atoms with Gasteiger partial charge in [-0.25, -0.2) is 9.78 Å². The molecule has 1 atom stereocenters. The maximum Gasteiger partial charge on any atom is 0.346 e. The first-order valence-corrected chi connectivity index (χ1v) is 15.5. The third kappa shape index (κ3) is 5.07. The van der Waals surface area contributed by atoms with Crippen LogP contribution in [0.2, 0.25) is 0 Å². The second kappa shape index (κ2) is 11.8. The molecule has 0 saturated heterocycles. The van der Waals surface area contributed by atoms with E-state index in [4.69, 9.17) is 4.42 Å². The number of fused-ring (bicyclic) bond motifs is 5. The highest BCUT2D eigenvalue weighted by atomic mass is 32.1. The normalized spacial score (nSPS) is 12.1. The van der Waals surface area contributed by atoms with E-state index in [1.54, 1.807) is 0 Å². The van der Waals surface area contributed by atoms with Crippen LogP contribution in [0.15, 0.2) is 106 Å². The van der Waals surface area contributed by atoms with Crippen LogP contribution in [0.25, 0.3) is 53.6 Å². The lowest BCUT2D eigenvalue weighted by molar-refractivity contribution is 0.563. The summed E-state index contributed by atoms with van der Waals surface area (Å²) in [6.45, 7) is 10.6. The summed E-state index contributed by atoms with van der Waals surface area (Å²) >= 11 is 1.51. The summed E-state index contributed by atoms with van der Waals surface area (Å²) in [6, 6.07) is 33.7. The number of aromatic nitrogens is 2. The Morgan fingerprint density at radius 2 is 1.48 bits per heavy atom. The van der Waals surface area contributed by atoms with Gasteiger partial charge in [-0.15, -0.1) is 11.3 Å². The van der Waals surface area contributed by atoms with Crippen LogP contribution in [0.5, 0.6) is 0 Å². The van der Waals surface area contributed by atoms with Crippen LogP contribution in [0.1, 0.15) is 40.2 Å². The fourth-order valence-corrected chi connectivity index (χ4v) is 6.60. The molecule has 0 amide bonds. The van der Waals surface area contributed by atoms with Gasteiger partial charge < -0.3 is 13.9 Å². The summed E-state index contributed by atoms with van der Waals surface area (Å²) in [5, 5.41) is 4.33. The summed E-state index contributed by atoms with van der Waals surface area (Å²) in [4.78, 5) is 19.3. The zero-order valence-corrected chi connectivity index (χ0v) is 25.3. The first-order chi connectivity index (χ1) is 20.5. The lowest BCUT2D eigenvalue weighted by Crippen LogP contribution is -2.21. The Kier molecular flexibility index (Phi) is 7.81. The number of benzene rings is 4. The number of thiazole rings is 1. The quantitative estimate of drug-likeness (QED) is 0.186. The zero-order valence-electron chi connectivity index (χ0n) is 24.5. The minimum Gasteiger partial charge on any atom is -0.422 e. The van der Waals surface area contributed by atoms with E-state index in [1.165, 1.54) is 33.1 Å². The summed E-state index contributed by atoms with van der Waals surface area (Å²) in [5.41, 5.74) is 5.45. The average Bonchev–Trinajstić information content (AvgIpc) is 3.61. The van der Waals surface area contributed by atoms with Gasteiger partial charge in [-0.05, 0) is 69.7 Å². The van der Waals surface area contributed by atoms with Crippen molar-refractivity contribution in [2.24, 2.45) is 0 Å². The van der Waals surface area contributed by atoms with Crippen molar-refractivity contribution < 1.29 is 4.42 Å². The summed E-state index contributed by atoms with van der Waals surface area (Å²) in [5.74, 6) is 0. The van der Waals surface area contributed by atoms with Gasteiger partial charge in [-0.2, -0.15) is 0 Å². The van der Waals surface area contributed by atoms with Crippen LogP contribution >= 0.6 is 11.3 Å². The van der Waals surface area contributed by atoms with Gasteiger partial charge in [0.1, 0.15) is 10.6 Å². The Balaban J connectivity index is 0.000000162. The molecular formula is C36H35N3O2S. The van der Waals surface area contributed by atoms with Crippen LogP contribution < -0.4 is 10.5 Å². The Morgan fingerprint density at radius 1 is 0.833 bits per heavy atom. The SMILES string of the molecule is CCC(C)n1c2ccccc2c2ccccc21.CCN(CC)c1ccc2cc(-c3nc4ccccc4s3)c(=O)oc2c1. The van der Waals surface area contributed by atoms with Crippen molar-refractivity contribution in [2.45, 2.75) is 40.2 Å². The average molecular weight is 574 g/mol. The first-order valence-electron chi connectivity index (χ1n) is 14.7. The molecule has 0 saturated carbocycles. The van der Waals surface area contributed by atoms with Crippen LogP contribution in [0, 0.1) is 0 Å². The van der Waals surface area contributed by atoms with E-state index < -0.39 is 0 Å². The van der Waals surface area contributed by atoms with Gasteiger partial charge in [0.05, 0.1) is 15.8 Å². The van der Waals surface area contributed by atoms with E-state index in [0.29, 0.717) is 22.2 Å². The minimum atomic E-state index is -0.344. The van der Waals surface area contributed by atoms with Crippen molar-refractivity contribution in [3.63, 3.8) is 0 Å². The number of anilines is 1. The van der Waals surface area contributed by atoms with Gasteiger partial charge >= 0.3 is 5.63 Å². The Hall–Kier alpha value is -4.42. The highest BCUT2D eigenvalue weighted by molar-refractivity contribution is 7.21. The topological polar surface area (TPSA) is 51.3 Å². The van der Waals surface area contributed by atoms with Gasteiger partial charge in [0, 0.05) is 58.1 Å². The largest absolute Gasteiger partial charge is 0.422 e. The standard InChI is InChI=1S/C20H18N2O2S.C16H17N/c1-3-22(4-2)14-10-9-13-11-15(20(23)24-17(13)12-14)19-21-16-7-5-6-8-18(16)25-19;1-3-12(2)17-15-10-6-4-8-13(15)14-9-5-7-11-16(14)17/h5-12H,3-4H2,1-2H3;4-12H,3H2,1-2H3. The third-order valence-electron chi connectivity index (χ3n) is 8.02. The van der Waals surface area contributed by atoms with E-state index >= 15 is 0 Å². The molecule has 1 unspecified atom stereocenters. The third-order valence-corrected chi connectivity index (χ3v) is 9.09. The fraction of sp³-hybridized carbons (Fsp3) is 0.222. The van der Waals surface area contributed by atoms with E-state index in [-0.39, 0.29) is 5.63 Å². The Labute approximate surface area is 249 Å². The van der Waals surface area contributed by atoms with Crippen LogP contribution in [0.3, 0.4) is 0 Å². The second-order valence-electron chi connectivity index (χ2n) is 10.5. The minimum absolute atomic E-state index is 0.344. The molecule has 0 N–H and O–H groups in total. The highest BCUT2D eigenvalue weighted by Gasteiger charge is 2.14. The molecule has 0 radical (unpaired) electrons. The highest BCUT2D eigenvalue weighted by Crippen LogP contribution is 2.33. The van der Waals surface area contributed by atoms with Crippen molar-refractivity contribution in [1.29, 1.82) is 0 Å². The molecule has 3 aromatic heterocycles. The van der Waals surface area contributed by atoms with Crippen LogP contribution in [-0.4, -0.2) is 22.6 Å². The molecule has 3 heterocycles. The number of hydrogen-bond donors (Lipinski definition) is 0. The second-order valence-corrected chi connectivity index (χ2v) is 11.5. The molecular weight excluding hydrogens is 538 g/mol. The Bertz CT molecular complexity index is 1980. The molecule has 0 bridgehead atoms. The first kappa shape index (κ1) is 27.7. The van der Waals surface area contributed by atoms with E-state index in [9.17, 15) is 4.79 Å². The predicted octanol–water partition coefficient (Wildman–Crippen LogP) is 9.68. The van der Waals surface area contributed by atoms with Crippen LogP contribution in [0.4, 0.5) is 5.69 Å². The van der Waals surface area contributed by atoms with Crippen molar-refractivity contribution in [3.8, 4) is 10.6 Å². The van der Waals surface area contributed by atoms with E-state index in [2.05, 4.69) is 96.7 Å². The van der Waals surface area contributed by atoms with Gasteiger partial charge in [-0.3, -0.25) is 0 Å². The monoisotopic (exact) mass is 573 g/mol. The molecule has 7 aromatic rings. The molecule has 0 fully saturated rings. The van der Waals surface area contributed by atoms with E-state index in [0.717, 1.165) is 40.8 Å². The molecule has 5 nitrogen and oxygen atoms in total. The van der Waals surface area contributed by atoms with Crippen LogP contribution in [-0.2, 0) is 0 Å². The molecule has 42 heavy (non-hydrogen) atoms. The molecule has 0 aliphatic rings. The molecule has 212 valence electrons. The van der Waals surface area contributed by atoms with Gasteiger partial charge in [-0.1, -0.05) is 55.5 Å². The summed E-state index contributed by atoms with van der Waals surface area (Å²) in [6.07, 6.45) is 1.16. The number of rotatable bonds is 6. The fourth-order valence-electron chi connectivity index (χ4n) is 5.63. The molecule has 4 aromatic carbocycles. The predicted molar refractivity (Wildman–Crippen MR) is 179 cm³/mol. The van der Waals surface area contributed by atoms with E-state index in [1.807, 2.05) is 42.5 Å². The molecule has 0 aliphatic heterocycles. The molecule has 7 rings (SSSR count). The van der Waals surface area contributed by atoms with Gasteiger partial charge in [0.15, 0.2) is 0 Å². The van der Waals surface area contributed by atoms with Crippen molar-refractivity contribution in [3.05, 3.63) is 107 Å². The smallest absolute Gasteiger partial charge is 0.346 e. The van der Waals surface area contributed by atoms with Gasteiger partial charge in [0.2, 0.25) is 0 Å². The maximum absolute atomic E-state index is 12.5.